The lowest BCUT2D eigenvalue weighted by Crippen LogP contribution is -1.94. The molecule has 0 aromatic heterocycles. The van der Waals surface area contributed by atoms with E-state index in [-0.39, 0.29) is 0 Å². The fourth-order valence-corrected chi connectivity index (χ4v) is 11.4. The van der Waals surface area contributed by atoms with Crippen molar-refractivity contribution in [1.29, 1.82) is 0 Å². The monoisotopic (exact) mass is 931 g/mol. The summed E-state index contributed by atoms with van der Waals surface area (Å²) in [6.45, 7) is 8.97. The average molecular weight is 931 g/mol. The van der Waals surface area contributed by atoms with Crippen molar-refractivity contribution in [3.05, 3.63) is 226 Å². The minimum atomic E-state index is 1.10. The first-order valence-corrected chi connectivity index (χ1v) is 26.8. The molecule has 11 aromatic carbocycles. The SMILES string of the molecule is CCCCCCc1ccc2c(-c3ccc(C)cc3)c3cc4cc5c(/C=C/c6ccccc6)c6cc7cc(CCCCCC)ccc7c(-c7ccc(C)cc7)c6cc5cc4c(/C=C/c4ccccc4)c3cc2c1. The van der Waals surface area contributed by atoms with Gasteiger partial charge in [0.25, 0.3) is 0 Å². The summed E-state index contributed by atoms with van der Waals surface area (Å²) in [6, 6.07) is 69.6. The molecule has 0 aliphatic carbocycles. The van der Waals surface area contributed by atoms with E-state index in [2.05, 4.69) is 234 Å². The van der Waals surface area contributed by atoms with E-state index in [0.29, 0.717) is 0 Å². The molecule has 0 heteroatoms. The van der Waals surface area contributed by atoms with Gasteiger partial charge in [0.2, 0.25) is 0 Å². The number of benzene rings is 11. The van der Waals surface area contributed by atoms with Crippen LogP contribution in [0.3, 0.4) is 0 Å². The molecule has 0 atom stereocenters. The van der Waals surface area contributed by atoms with Gasteiger partial charge < -0.3 is 0 Å². The van der Waals surface area contributed by atoms with Crippen LogP contribution in [0, 0.1) is 13.8 Å². The van der Waals surface area contributed by atoms with E-state index in [4.69, 9.17) is 0 Å². The van der Waals surface area contributed by atoms with Gasteiger partial charge in [-0.3, -0.25) is 0 Å². The maximum Gasteiger partial charge on any atom is -0.00264 e. The van der Waals surface area contributed by atoms with E-state index in [1.165, 1.54) is 183 Å². The summed E-state index contributed by atoms with van der Waals surface area (Å²) in [5.74, 6) is 0. The molecule has 0 N–H and O–H groups in total. The molecular weight excluding hydrogens is 865 g/mol. The second-order valence-corrected chi connectivity index (χ2v) is 20.5. The Balaban J connectivity index is 1.24. The number of hydrogen-bond acceptors (Lipinski definition) is 0. The van der Waals surface area contributed by atoms with Gasteiger partial charge in [-0.1, -0.05) is 233 Å². The Kier molecular flexibility index (Phi) is 13.7. The second kappa shape index (κ2) is 21.0. The molecule has 0 saturated heterocycles. The van der Waals surface area contributed by atoms with Crippen LogP contribution in [0.2, 0.25) is 0 Å². The van der Waals surface area contributed by atoms with Crippen LogP contribution < -0.4 is 0 Å². The molecule has 0 unspecified atom stereocenters. The van der Waals surface area contributed by atoms with Gasteiger partial charge in [0.15, 0.2) is 0 Å². The molecule has 0 spiro atoms. The molecule has 0 aliphatic heterocycles. The summed E-state index contributed by atoms with van der Waals surface area (Å²) in [5.41, 5.74) is 15.4. The van der Waals surface area contributed by atoms with Gasteiger partial charge in [-0.05, 0) is 196 Å². The standard InChI is InChI=1S/C72H66/c1-5-7-9-13-23-53-31-37-61-57(41-53)45-67-63(39-29-51-19-15-11-16-20-51)65-43-60-48-70-68(46-58-42-54(24-14-10-8-6-2)32-38-62(58)72(70)56-35-27-50(4)28-36-56)64(40-30-52-21-17-12-18-22-52)66(60)44-59(65)47-69(67)71(61)55-33-25-49(3)26-34-55/h11-12,15-22,25-48H,5-10,13-14,23-24H2,1-4H3/b39-29+,40-30+. The molecule has 11 aromatic rings. The molecule has 0 fully saturated rings. The molecule has 72 heavy (non-hydrogen) atoms. The molecule has 354 valence electrons. The first-order valence-electron chi connectivity index (χ1n) is 26.8. The Morgan fingerprint density at radius 1 is 0.306 bits per heavy atom. The van der Waals surface area contributed by atoms with Gasteiger partial charge in [-0.15, -0.1) is 0 Å². The predicted octanol–water partition coefficient (Wildman–Crippen LogP) is 21.1. The summed E-state index contributed by atoms with van der Waals surface area (Å²) >= 11 is 0. The fraction of sp³-hybridized carbons (Fsp3) is 0.194. The maximum atomic E-state index is 2.51. The van der Waals surface area contributed by atoms with Crippen molar-refractivity contribution in [2.45, 2.75) is 91.9 Å². The van der Waals surface area contributed by atoms with Gasteiger partial charge in [0, 0.05) is 0 Å². The van der Waals surface area contributed by atoms with Crippen LogP contribution in [-0.2, 0) is 12.8 Å². The first-order chi connectivity index (χ1) is 35.4. The highest BCUT2D eigenvalue weighted by atomic mass is 14.2. The summed E-state index contributed by atoms with van der Waals surface area (Å²) < 4.78 is 0. The van der Waals surface area contributed by atoms with E-state index in [1.807, 2.05) is 0 Å². The third kappa shape index (κ3) is 9.64. The lowest BCUT2D eigenvalue weighted by molar-refractivity contribution is 0.667. The van der Waals surface area contributed by atoms with Crippen molar-refractivity contribution >= 4 is 88.9 Å². The maximum absolute atomic E-state index is 2.51. The molecule has 0 bridgehead atoms. The Morgan fingerprint density at radius 3 is 1.08 bits per heavy atom. The average Bonchev–Trinajstić information content (AvgIpc) is 3.41. The summed E-state index contributed by atoms with van der Waals surface area (Å²) in [7, 11) is 0. The third-order valence-corrected chi connectivity index (χ3v) is 15.3. The second-order valence-electron chi connectivity index (χ2n) is 20.5. The summed E-state index contributed by atoms with van der Waals surface area (Å²) in [6.07, 6.45) is 21.7. The highest BCUT2D eigenvalue weighted by molar-refractivity contribution is 6.24. The minimum Gasteiger partial charge on any atom is -0.0654 e. The molecule has 0 amide bonds. The van der Waals surface area contributed by atoms with Gasteiger partial charge in [-0.2, -0.15) is 0 Å². The Hall–Kier alpha value is -7.54. The zero-order chi connectivity index (χ0) is 49.0. The molecule has 0 heterocycles. The molecule has 0 aliphatic rings. The van der Waals surface area contributed by atoms with Gasteiger partial charge in [-0.25, -0.2) is 0 Å². The van der Waals surface area contributed by atoms with Gasteiger partial charge in [0.1, 0.15) is 0 Å². The lowest BCUT2D eigenvalue weighted by Gasteiger charge is -2.19. The van der Waals surface area contributed by atoms with Gasteiger partial charge in [0.05, 0.1) is 0 Å². The van der Waals surface area contributed by atoms with Crippen LogP contribution in [0.5, 0.6) is 0 Å². The van der Waals surface area contributed by atoms with E-state index in [0.717, 1.165) is 12.8 Å². The van der Waals surface area contributed by atoms with Crippen LogP contribution in [0.15, 0.2) is 182 Å². The van der Waals surface area contributed by atoms with Crippen molar-refractivity contribution in [1.82, 2.24) is 0 Å². The quantitative estimate of drug-likeness (QED) is 0.0514. The first kappa shape index (κ1) is 46.8. The number of aryl methyl sites for hydroxylation is 4. The topological polar surface area (TPSA) is 0 Å². The molecule has 11 rings (SSSR count). The predicted molar refractivity (Wildman–Crippen MR) is 318 cm³/mol. The van der Waals surface area contributed by atoms with Crippen LogP contribution in [0.4, 0.5) is 0 Å². The Labute approximate surface area is 427 Å². The molecule has 0 nitrogen and oxygen atoms in total. The zero-order valence-electron chi connectivity index (χ0n) is 42.7. The van der Waals surface area contributed by atoms with E-state index in [1.54, 1.807) is 0 Å². The number of unbranched alkanes of at least 4 members (excludes halogenated alkanes) is 6. The summed E-state index contributed by atoms with van der Waals surface area (Å²) in [4.78, 5) is 0. The van der Waals surface area contributed by atoms with Crippen molar-refractivity contribution in [3.8, 4) is 22.3 Å². The largest absolute Gasteiger partial charge is 0.0654 e. The van der Waals surface area contributed by atoms with Crippen molar-refractivity contribution < 1.29 is 0 Å². The van der Waals surface area contributed by atoms with Crippen molar-refractivity contribution in [2.75, 3.05) is 0 Å². The number of rotatable bonds is 16. The normalized spacial score (nSPS) is 12.1. The van der Waals surface area contributed by atoms with Gasteiger partial charge >= 0.3 is 0 Å². The number of hydrogen-bond donors (Lipinski definition) is 0. The van der Waals surface area contributed by atoms with Crippen LogP contribution in [0.25, 0.3) is 111 Å². The lowest BCUT2D eigenvalue weighted by atomic mass is 9.84. The molecule has 0 saturated carbocycles. The summed E-state index contributed by atoms with van der Waals surface area (Å²) in [5, 5.41) is 15.3. The van der Waals surface area contributed by atoms with Crippen LogP contribution >= 0.6 is 0 Å². The van der Waals surface area contributed by atoms with E-state index >= 15 is 0 Å². The van der Waals surface area contributed by atoms with Crippen molar-refractivity contribution in [2.24, 2.45) is 0 Å². The van der Waals surface area contributed by atoms with Crippen LogP contribution in [-0.4, -0.2) is 0 Å². The minimum absolute atomic E-state index is 1.10. The van der Waals surface area contributed by atoms with E-state index in [9.17, 15) is 0 Å². The van der Waals surface area contributed by atoms with E-state index < -0.39 is 0 Å². The Bertz CT molecular complexity index is 3540. The molecule has 0 radical (unpaired) electrons. The number of fused-ring (bicyclic) bond motifs is 6. The smallest absolute Gasteiger partial charge is 0.00264 e. The highest BCUT2D eigenvalue weighted by Gasteiger charge is 2.20. The Morgan fingerprint density at radius 2 is 0.681 bits per heavy atom. The zero-order valence-corrected chi connectivity index (χ0v) is 42.7. The van der Waals surface area contributed by atoms with Crippen LogP contribution in [0.1, 0.15) is 110 Å². The molecular formula is C72H66. The third-order valence-electron chi connectivity index (χ3n) is 15.3. The fourth-order valence-electron chi connectivity index (χ4n) is 11.4. The highest BCUT2D eigenvalue weighted by Crippen LogP contribution is 2.46. The van der Waals surface area contributed by atoms with Crippen molar-refractivity contribution in [3.63, 3.8) is 0 Å².